The van der Waals surface area contributed by atoms with Gasteiger partial charge >= 0.3 is 0 Å². The summed E-state index contributed by atoms with van der Waals surface area (Å²) in [5.74, 6) is 2.62. The summed E-state index contributed by atoms with van der Waals surface area (Å²) in [5.41, 5.74) is 0.899. The van der Waals surface area contributed by atoms with Crippen LogP contribution in [-0.4, -0.2) is 18.5 Å². The number of hydrogen-bond acceptors (Lipinski definition) is 2. The van der Waals surface area contributed by atoms with Crippen LogP contribution >= 0.6 is 0 Å². The van der Waals surface area contributed by atoms with Crippen molar-refractivity contribution >= 4 is 5.78 Å². The second kappa shape index (κ2) is 4.83. The summed E-state index contributed by atoms with van der Waals surface area (Å²) in [5, 5.41) is 0. The summed E-state index contributed by atoms with van der Waals surface area (Å²) in [6, 6.07) is 0. The Labute approximate surface area is 123 Å². The van der Waals surface area contributed by atoms with Crippen LogP contribution in [0.5, 0.6) is 0 Å². The van der Waals surface area contributed by atoms with Crippen LogP contribution in [0.3, 0.4) is 0 Å². The molecular formula is C18H30O2. The highest BCUT2D eigenvalue weighted by molar-refractivity contribution is 5.80. The minimum absolute atomic E-state index is 0.192. The van der Waals surface area contributed by atoms with Crippen LogP contribution in [-0.2, 0) is 9.53 Å². The average molecular weight is 278 g/mol. The van der Waals surface area contributed by atoms with E-state index >= 15 is 0 Å². The average Bonchev–Trinajstić information content (AvgIpc) is 2.70. The van der Waals surface area contributed by atoms with Gasteiger partial charge in [-0.05, 0) is 61.2 Å². The lowest BCUT2D eigenvalue weighted by Crippen LogP contribution is -2.40. The summed E-state index contributed by atoms with van der Waals surface area (Å²) in [7, 11) is 0. The first-order chi connectivity index (χ1) is 9.38. The van der Waals surface area contributed by atoms with Gasteiger partial charge in [0, 0.05) is 19.4 Å². The molecule has 0 aromatic carbocycles. The first kappa shape index (κ1) is 14.6. The van der Waals surface area contributed by atoms with Gasteiger partial charge in [-0.25, -0.2) is 0 Å². The second-order valence-corrected chi connectivity index (χ2v) is 8.24. The first-order valence-electron chi connectivity index (χ1n) is 8.51. The zero-order valence-corrected chi connectivity index (χ0v) is 13.6. The molecule has 2 bridgehead atoms. The van der Waals surface area contributed by atoms with Gasteiger partial charge in [0.25, 0.3) is 0 Å². The van der Waals surface area contributed by atoms with E-state index < -0.39 is 0 Å². The molecule has 0 spiro atoms. The van der Waals surface area contributed by atoms with Crippen LogP contribution in [0.15, 0.2) is 0 Å². The van der Waals surface area contributed by atoms with Gasteiger partial charge in [-0.2, -0.15) is 0 Å². The number of rotatable bonds is 3. The third-order valence-electron chi connectivity index (χ3n) is 7.34. The van der Waals surface area contributed by atoms with Gasteiger partial charge in [-0.15, -0.1) is 0 Å². The molecule has 3 aliphatic rings. The van der Waals surface area contributed by atoms with E-state index in [2.05, 4.69) is 20.8 Å². The van der Waals surface area contributed by atoms with E-state index in [-0.39, 0.29) is 6.10 Å². The molecule has 0 aromatic rings. The van der Waals surface area contributed by atoms with Crippen LogP contribution in [0, 0.1) is 28.6 Å². The van der Waals surface area contributed by atoms with Gasteiger partial charge in [-0.3, -0.25) is 4.79 Å². The molecule has 0 amide bonds. The van der Waals surface area contributed by atoms with Gasteiger partial charge in [-0.1, -0.05) is 20.8 Å². The SMILES string of the molecule is CCOC1CC(=O)CC([C@@H]2C[C@H]3CC[C@]2(C)C3(C)C)C1. The van der Waals surface area contributed by atoms with Crippen LogP contribution in [0.4, 0.5) is 0 Å². The zero-order valence-electron chi connectivity index (χ0n) is 13.6. The number of ether oxygens (including phenoxy) is 1. The number of hydrogen-bond donors (Lipinski definition) is 0. The zero-order chi connectivity index (χ0) is 14.5. The largest absolute Gasteiger partial charge is 0.378 e. The lowest BCUT2D eigenvalue weighted by atomic mass is 9.61. The van der Waals surface area contributed by atoms with Crippen molar-refractivity contribution in [3.63, 3.8) is 0 Å². The Morgan fingerprint density at radius 1 is 1.20 bits per heavy atom. The lowest BCUT2D eigenvalue weighted by Gasteiger charge is -2.44. The predicted molar refractivity (Wildman–Crippen MR) is 80.5 cm³/mol. The molecule has 3 saturated carbocycles. The maximum Gasteiger partial charge on any atom is 0.135 e. The van der Waals surface area contributed by atoms with Crippen LogP contribution < -0.4 is 0 Å². The maximum atomic E-state index is 12.1. The Morgan fingerprint density at radius 3 is 2.50 bits per heavy atom. The number of carbonyl (C=O) groups excluding carboxylic acids is 1. The van der Waals surface area contributed by atoms with Crippen molar-refractivity contribution in [2.24, 2.45) is 28.6 Å². The van der Waals surface area contributed by atoms with Crippen molar-refractivity contribution in [1.82, 2.24) is 0 Å². The fourth-order valence-electron chi connectivity index (χ4n) is 5.78. The van der Waals surface area contributed by atoms with Crippen molar-refractivity contribution in [1.29, 1.82) is 0 Å². The van der Waals surface area contributed by atoms with Gasteiger partial charge in [0.15, 0.2) is 0 Å². The molecule has 0 aromatic heterocycles. The van der Waals surface area contributed by atoms with Gasteiger partial charge in [0.1, 0.15) is 5.78 Å². The van der Waals surface area contributed by atoms with Crippen molar-refractivity contribution in [3.8, 4) is 0 Å². The Morgan fingerprint density at radius 2 is 1.95 bits per heavy atom. The molecule has 2 heteroatoms. The number of carbonyl (C=O) groups is 1. The summed E-state index contributed by atoms with van der Waals surface area (Å²) in [6.07, 6.45) is 6.88. The van der Waals surface area contributed by atoms with E-state index in [1.807, 2.05) is 6.92 Å². The molecular weight excluding hydrogens is 248 g/mol. The Balaban J connectivity index is 1.78. The monoisotopic (exact) mass is 278 g/mol. The van der Waals surface area contributed by atoms with Crippen molar-refractivity contribution in [2.75, 3.05) is 6.61 Å². The van der Waals surface area contributed by atoms with Gasteiger partial charge < -0.3 is 4.74 Å². The quantitative estimate of drug-likeness (QED) is 0.772. The molecule has 20 heavy (non-hydrogen) atoms. The molecule has 0 radical (unpaired) electrons. The van der Waals surface area contributed by atoms with Crippen molar-refractivity contribution < 1.29 is 9.53 Å². The molecule has 5 atom stereocenters. The van der Waals surface area contributed by atoms with E-state index in [0.29, 0.717) is 29.0 Å². The molecule has 3 aliphatic carbocycles. The third-order valence-corrected chi connectivity index (χ3v) is 7.34. The molecule has 3 rings (SSSR count). The molecule has 2 nitrogen and oxygen atoms in total. The Kier molecular flexibility index (Phi) is 3.52. The standard InChI is InChI=1S/C18H30O2/c1-5-20-15-9-12(8-14(19)11-15)16-10-13-6-7-18(16,4)17(13,2)3/h12-13,15-16H,5-11H2,1-4H3/t12?,13-,15?,16+,18+/m1/s1. The van der Waals surface area contributed by atoms with Crippen molar-refractivity contribution in [2.45, 2.75) is 72.3 Å². The highest BCUT2D eigenvalue weighted by Crippen LogP contribution is 2.70. The van der Waals surface area contributed by atoms with E-state index in [0.717, 1.165) is 31.3 Å². The minimum Gasteiger partial charge on any atom is -0.378 e. The van der Waals surface area contributed by atoms with Crippen molar-refractivity contribution in [3.05, 3.63) is 0 Å². The molecule has 0 heterocycles. The first-order valence-corrected chi connectivity index (χ1v) is 8.51. The summed E-state index contributed by atoms with van der Waals surface area (Å²) in [6.45, 7) is 10.2. The highest BCUT2D eigenvalue weighted by atomic mass is 16.5. The molecule has 2 unspecified atom stereocenters. The number of ketones is 1. The maximum absolute atomic E-state index is 12.1. The fraction of sp³-hybridized carbons (Fsp3) is 0.944. The second-order valence-electron chi connectivity index (χ2n) is 8.24. The minimum atomic E-state index is 0.192. The Bertz CT molecular complexity index is 400. The van der Waals surface area contributed by atoms with Crippen LogP contribution in [0.1, 0.15) is 66.2 Å². The topological polar surface area (TPSA) is 26.3 Å². The van der Waals surface area contributed by atoms with Gasteiger partial charge in [0.2, 0.25) is 0 Å². The molecule has 0 aliphatic heterocycles. The molecule has 3 fully saturated rings. The molecule has 0 N–H and O–H groups in total. The third kappa shape index (κ3) is 1.98. The van der Waals surface area contributed by atoms with E-state index in [1.165, 1.54) is 19.3 Å². The molecule has 0 saturated heterocycles. The van der Waals surface area contributed by atoms with Crippen LogP contribution in [0.2, 0.25) is 0 Å². The fourth-order valence-corrected chi connectivity index (χ4v) is 5.78. The smallest absolute Gasteiger partial charge is 0.135 e. The van der Waals surface area contributed by atoms with E-state index in [1.54, 1.807) is 0 Å². The lowest BCUT2D eigenvalue weighted by molar-refractivity contribution is -0.128. The van der Waals surface area contributed by atoms with Gasteiger partial charge in [0.05, 0.1) is 6.10 Å². The summed E-state index contributed by atoms with van der Waals surface area (Å²) in [4.78, 5) is 12.1. The Hall–Kier alpha value is -0.370. The predicted octanol–water partition coefficient (Wildman–Crippen LogP) is 4.22. The summed E-state index contributed by atoms with van der Waals surface area (Å²) < 4.78 is 5.79. The highest BCUT2D eigenvalue weighted by Gasteiger charge is 2.62. The number of Topliss-reactive ketones (excluding diaryl/α,β-unsaturated/α-hetero) is 1. The molecule has 114 valence electrons. The van der Waals surface area contributed by atoms with E-state index in [4.69, 9.17) is 4.74 Å². The van der Waals surface area contributed by atoms with Crippen LogP contribution in [0.25, 0.3) is 0 Å². The normalized spacial score (nSPS) is 46.9. The summed E-state index contributed by atoms with van der Waals surface area (Å²) >= 11 is 0. The van der Waals surface area contributed by atoms with E-state index in [9.17, 15) is 4.79 Å². The number of fused-ring (bicyclic) bond motifs is 2.